The Morgan fingerprint density at radius 3 is 2.24 bits per heavy atom. The van der Waals surface area contributed by atoms with Crippen molar-refractivity contribution in [1.29, 1.82) is 5.26 Å². The average Bonchev–Trinajstić information content (AvgIpc) is 2.63. The molecule has 0 unspecified atom stereocenters. The van der Waals surface area contributed by atoms with Crippen LogP contribution in [0.1, 0.15) is 19.4 Å². The molecule has 2 rings (SSSR count). The van der Waals surface area contributed by atoms with E-state index in [-0.39, 0.29) is 5.57 Å². The van der Waals surface area contributed by atoms with Crippen molar-refractivity contribution in [1.82, 2.24) is 0 Å². The van der Waals surface area contributed by atoms with Crippen molar-refractivity contribution in [2.24, 2.45) is 0 Å². The number of rotatable bonds is 6. The first-order chi connectivity index (χ1) is 12.1. The van der Waals surface area contributed by atoms with Crippen LogP contribution in [0.2, 0.25) is 5.02 Å². The van der Waals surface area contributed by atoms with Gasteiger partial charge in [0, 0.05) is 29.5 Å². The topological polar surface area (TPSA) is 56.1 Å². The molecular formula is C20H20ClN3O. The Morgan fingerprint density at radius 2 is 1.72 bits per heavy atom. The fourth-order valence-electron chi connectivity index (χ4n) is 2.42. The number of halogens is 1. The molecule has 0 aliphatic heterocycles. The molecule has 1 N–H and O–H groups in total. The summed E-state index contributed by atoms with van der Waals surface area (Å²) < 4.78 is 0. The van der Waals surface area contributed by atoms with Crippen molar-refractivity contribution in [3.05, 3.63) is 64.7 Å². The fourth-order valence-corrected chi connectivity index (χ4v) is 2.54. The maximum Gasteiger partial charge on any atom is 0.266 e. The highest BCUT2D eigenvalue weighted by molar-refractivity contribution is 6.30. The number of carbonyl (C=O) groups excluding carboxylic acids is 1. The number of carbonyl (C=O) groups is 1. The molecule has 4 nitrogen and oxygen atoms in total. The van der Waals surface area contributed by atoms with Gasteiger partial charge >= 0.3 is 0 Å². The van der Waals surface area contributed by atoms with Crippen LogP contribution < -0.4 is 10.2 Å². The number of amides is 1. The summed E-state index contributed by atoms with van der Waals surface area (Å²) in [5, 5.41) is 12.6. The Labute approximate surface area is 153 Å². The van der Waals surface area contributed by atoms with Crippen LogP contribution in [0.4, 0.5) is 11.4 Å². The largest absolute Gasteiger partial charge is 0.372 e. The van der Waals surface area contributed by atoms with E-state index >= 15 is 0 Å². The smallest absolute Gasteiger partial charge is 0.266 e. The van der Waals surface area contributed by atoms with E-state index in [9.17, 15) is 10.1 Å². The molecule has 5 heteroatoms. The minimum absolute atomic E-state index is 0.0468. The summed E-state index contributed by atoms with van der Waals surface area (Å²) in [7, 11) is 0. The summed E-state index contributed by atoms with van der Waals surface area (Å²) in [6.07, 6.45) is 1.58. The Kier molecular flexibility index (Phi) is 6.62. The highest BCUT2D eigenvalue weighted by Crippen LogP contribution is 2.18. The van der Waals surface area contributed by atoms with E-state index in [1.54, 1.807) is 30.3 Å². The van der Waals surface area contributed by atoms with Crippen LogP contribution in [0, 0.1) is 11.3 Å². The van der Waals surface area contributed by atoms with E-state index in [1.165, 1.54) is 0 Å². The van der Waals surface area contributed by atoms with Crippen molar-refractivity contribution >= 4 is 35.0 Å². The second kappa shape index (κ2) is 8.91. The van der Waals surface area contributed by atoms with Crippen LogP contribution in [0.3, 0.4) is 0 Å². The number of hydrogen-bond donors (Lipinski definition) is 1. The van der Waals surface area contributed by atoms with E-state index in [4.69, 9.17) is 11.6 Å². The molecule has 0 fully saturated rings. The van der Waals surface area contributed by atoms with E-state index in [1.807, 2.05) is 30.3 Å². The summed E-state index contributed by atoms with van der Waals surface area (Å²) in [6, 6.07) is 16.5. The van der Waals surface area contributed by atoms with Crippen LogP contribution in [-0.4, -0.2) is 19.0 Å². The van der Waals surface area contributed by atoms with Crippen molar-refractivity contribution in [3.8, 4) is 6.07 Å². The van der Waals surface area contributed by atoms with Crippen LogP contribution in [-0.2, 0) is 4.79 Å². The van der Waals surface area contributed by atoms with Gasteiger partial charge in [-0.15, -0.1) is 0 Å². The summed E-state index contributed by atoms with van der Waals surface area (Å²) in [6.45, 7) is 6.07. The monoisotopic (exact) mass is 353 g/mol. The molecule has 0 heterocycles. The normalized spacial score (nSPS) is 10.9. The predicted molar refractivity (Wildman–Crippen MR) is 104 cm³/mol. The lowest BCUT2D eigenvalue weighted by atomic mass is 10.1. The van der Waals surface area contributed by atoms with Crippen molar-refractivity contribution in [2.45, 2.75) is 13.8 Å². The lowest BCUT2D eigenvalue weighted by molar-refractivity contribution is -0.112. The second-order valence-electron chi connectivity index (χ2n) is 5.39. The van der Waals surface area contributed by atoms with Crippen LogP contribution in [0.25, 0.3) is 6.08 Å². The van der Waals surface area contributed by atoms with E-state index in [0.29, 0.717) is 10.7 Å². The Balaban J connectivity index is 2.14. The molecule has 1 amide bonds. The molecule has 2 aromatic carbocycles. The van der Waals surface area contributed by atoms with Crippen LogP contribution in [0.5, 0.6) is 0 Å². The van der Waals surface area contributed by atoms with Gasteiger partial charge in [-0.3, -0.25) is 4.79 Å². The minimum Gasteiger partial charge on any atom is -0.372 e. The molecule has 0 saturated heterocycles. The standard InChI is InChI=1S/C20H20ClN3O/c1-3-24(4-2)19-11-5-15(6-12-19)13-16(14-22)20(25)23-18-9-7-17(21)8-10-18/h5-13H,3-4H2,1-2H3,(H,23,25)/b16-13-. The van der Waals surface area contributed by atoms with Crippen LogP contribution in [0.15, 0.2) is 54.1 Å². The summed E-state index contributed by atoms with van der Waals surface area (Å²) in [5.74, 6) is -0.447. The molecule has 25 heavy (non-hydrogen) atoms. The second-order valence-corrected chi connectivity index (χ2v) is 5.83. The number of nitrogens with one attached hydrogen (secondary N) is 1. The maximum atomic E-state index is 12.3. The average molecular weight is 354 g/mol. The molecule has 0 atom stereocenters. The maximum absolute atomic E-state index is 12.3. The molecule has 0 saturated carbocycles. The summed E-state index contributed by atoms with van der Waals surface area (Å²) >= 11 is 5.82. The zero-order chi connectivity index (χ0) is 18.2. The van der Waals surface area contributed by atoms with Crippen molar-refractivity contribution in [3.63, 3.8) is 0 Å². The number of benzene rings is 2. The fraction of sp³-hybridized carbons (Fsp3) is 0.200. The lowest BCUT2D eigenvalue weighted by Gasteiger charge is -2.20. The third kappa shape index (κ3) is 5.10. The first-order valence-electron chi connectivity index (χ1n) is 8.11. The van der Waals surface area contributed by atoms with Gasteiger partial charge in [-0.1, -0.05) is 23.7 Å². The van der Waals surface area contributed by atoms with Crippen molar-refractivity contribution in [2.75, 3.05) is 23.3 Å². The zero-order valence-corrected chi connectivity index (χ0v) is 15.0. The van der Waals surface area contributed by atoms with E-state index in [0.717, 1.165) is 24.3 Å². The summed E-state index contributed by atoms with van der Waals surface area (Å²) in [5.41, 5.74) is 2.56. The summed E-state index contributed by atoms with van der Waals surface area (Å²) in [4.78, 5) is 14.5. The molecule has 128 valence electrons. The number of nitriles is 1. The predicted octanol–water partition coefficient (Wildman–Crippen LogP) is 4.73. The molecular weight excluding hydrogens is 334 g/mol. The molecule has 0 spiro atoms. The first kappa shape index (κ1) is 18.6. The van der Waals surface area contributed by atoms with Gasteiger partial charge in [0.15, 0.2) is 0 Å². The van der Waals surface area contributed by atoms with Gasteiger partial charge in [0.1, 0.15) is 11.6 Å². The number of hydrogen-bond acceptors (Lipinski definition) is 3. The molecule has 0 aromatic heterocycles. The third-order valence-corrected chi connectivity index (χ3v) is 4.05. The molecule has 0 radical (unpaired) electrons. The van der Waals surface area contributed by atoms with Gasteiger partial charge in [-0.2, -0.15) is 5.26 Å². The van der Waals surface area contributed by atoms with Gasteiger partial charge in [0.05, 0.1) is 0 Å². The molecule has 0 aliphatic rings. The number of anilines is 2. The molecule has 2 aromatic rings. The molecule has 0 bridgehead atoms. The highest BCUT2D eigenvalue weighted by atomic mass is 35.5. The van der Waals surface area contributed by atoms with Crippen LogP contribution >= 0.6 is 11.6 Å². The Bertz CT molecular complexity index is 785. The van der Waals surface area contributed by atoms with Gasteiger partial charge in [-0.05, 0) is 61.9 Å². The van der Waals surface area contributed by atoms with Gasteiger partial charge in [0.25, 0.3) is 5.91 Å². The minimum atomic E-state index is -0.447. The quantitative estimate of drug-likeness (QED) is 0.603. The van der Waals surface area contributed by atoms with Gasteiger partial charge in [-0.25, -0.2) is 0 Å². The van der Waals surface area contributed by atoms with Crippen molar-refractivity contribution < 1.29 is 4.79 Å². The van der Waals surface area contributed by atoms with E-state index < -0.39 is 5.91 Å². The molecule has 0 aliphatic carbocycles. The Morgan fingerprint density at radius 1 is 1.12 bits per heavy atom. The van der Waals surface area contributed by atoms with E-state index in [2.05, 4.69) is 24.1 Å². The van der Waals surface area contributed by atoms with Gasteiger partial charge in [0.2, 0.25) is 0 Å². The number of nitrogens with zero attached hydrogens (tertiary/aromatic N) is 2. The highest BCUT2D eigenvalue weighted by Gasteiger charge is 2.10. The lowest BCUT2D eigenvalue weighted by Crippen LogP contribution is -2.21. The Hall–Kier alpha value is -2.77. The SMILES string of the molecule is CCN(CC)c1ccc(/C=C(/C#N)C(=O)Nc2ccc(Cl)cc2)cc1. The first-order valence-corrected chi connectivity index (χ1v) is 8.49. The third-order valence-electron chi connectivity index (χ3n) is 3.80. The zero-order valence-electron chi connectivity index (χ0n) is 14.3. The van der Waals surface area contributed by atoms with Gasteiger partial charge < -0.3 is 10.2 Å².